The number of rotatable bonds is 6. The van der Waals surface area contributed by atoms with Crippen molar-refractivity contribution in [2.24, 2.45) is 5.73 Å². The van der Waals surface area contributed by atoms with Gasteiger partial charge in [-0.05, 0) is 31.0 Å². The summed E-state index contributed by atoms with van der Waals surface area (Å²) in [5.41, 5.74) is 6.18. The molecule has 0 spiro atoms. The zero-order valence-electron chi connectivity index (χ0n) is 10.6. The summed E-state index contributed by atoms with van der Waals surface area (Å²) >= 11 is 0. The van der Waals surface area contributed by atoms with Crippen LogP contribution in [0.25, 0.3) is 0 Å². The number of nitrogens with two attached hydrogens (primary N) is 1. The van der Waals surface area contributed by atoms with E-state index in [4.69, 9.17) is 5.73 Å². The second-order valence-electron chi connectivity index (χ2n) is 4.28. The molecule has 0 radical (unpaired) electrons. The van der Waals surface area contributed by atoms with Gasteiger partial charge >= 0.3 is 0 Å². The Balaban J connectivity index is 3.02. The fourth-order valence-electron chi connectivity index (χ4n) is 1.67. The summed E-state index contributed by atoms with van der Waals surface area (Å²) < 4.78 is 40.1. The first-order valence-electron chi connectivity index (χ1n) is 5.89. The van der Waals surface area contributed by atoms with Crippen molar-refractivity contribution in [2.45, 2.75) is 37.6 Å². The van der Waals surface area contributed by atoms with Crippen molar-refractivity contribution < 1.29 is 12.8 Å². The molecule has 1 aromatic rings. The minimum absolute atomic E-state index is 0.195. The van der Waals surface area contributed by atoms with Crippen molar-refractivity contribution in [3.05, 3.63) is 29.6 Å². The van der Waals surface area contributed by atoms with Crippen LogP contribution in [0.5, 0.6) is 0 Å². The van der Waals surface area contributed by atoms with E-state index in [1.54, 1.807) is 6.92 Å². The first-order chi connectivity index (χ1) is 8.40. The maximum absolute atomic E-state index is 13.6. The molecule has 0 bridgehead atoms. The molecule has 0 aliphatic rings. The highest BCUT2D eigenvalue weighted by atomic mass is 32.2. The summed E-state index contributed by atoms with van der Waals surface area (Å²) in [5.74, 6) is -0.750. The van der Waals surface area contributed by atoms with Crippen molar-refractivity contribution in [2.75, 3.05) is 6.54 Å². The number of hydrogen-bond donors (Lipinski definition) is 2. The molecular weight excluding hydrogens is 255 g/mol. The van der Waals surface area contributed by atoms with Gasteiger partial charge in [0.05, 0.1) is 0 Å². The monoisotopic (exact) mass is 274 g/mol. The van der Waals surface area contributed by atoms with Crippen LogP contribution in [0.15, 0.2) is 23.1 Å². The van der Waals surface area contributed by atoms with E-state index in [1.807, 2.05) is 6.92 Å². The van der Waals surface area contributed by atoms with Crippen LogP contribution in [0.1, 0.15) is 25.3 Å². The molecule has 0 heterocycles. The quantitative estimate of drug-likeness (QED) is 0.826. The van der Waals surface area contributed by atoms with Crippen molar-refractivity contribution in [1.82, 2.24) is 4.72 Å². The minimum Gasteiger partial charge on any atom is -0.329 e. The van der Waals surface area contributed by atoms with Gasteiger partial charge in [-0.1, -0.05) is 19.4 Å². The average Bonchev–Trinajstić information content (AvgIpc) is 2.31. The van der Waals surface area contributed by atoms with Crippen molar-refractivity contribution in [3.63, 3.8) is 0 Å². The summed E-state index contributed by atoms with van der Waals surface area (Å²) in [7, 11) is -3.85. The lowest BCUT2D eigenvalue weighted by atomic mass is 10.2. The SMILES string of the molecule is CCCC(CN)NS(=O)(=O)c1cc(C)ccc1F. The van der Waals surface area contributed by atoms with Gasteiger partial charge in [-0.25, -0.2) is 17.5 Å². The van der Waals surface area contributed by atoms with Crippen LogP contribution in [0, 0.1) is 12.7 Å². The Morgan fingerprint density at radius 1 is 1.44 bits per heavy atom. The van der Waals surface area contributed by atoms with Gasteiger partial charge in [0.1, 0.15) is 10.7 Å². The van der Waals surface area contributed by atoms with Gasteiger partial charge in [-0.2, -0.15) is 0 Å². The number of benzene rings is 1. The molecule has 0 aliphatic carbocycles. The number of halogens is 1. The summed E-state index contributed by atoms with van der Waals surface area (Å²) in [4.78, 5) is -0.322. The van der Waals surface area contributed by atoms with E-state index in [1.165, 1.54) is 12.1 Å². The van der Waals surface area contributed by atoms with Crippen LogP contribution in [-0.2, 0) is 10.0 Å². The number of hydrogen-bond acceptors (Lipinski definition) is 3. The van der Waals surface area contributed by atoms with Crippen LogP contribution in [0.3, 0.4) is 0 Å². The second kappa shape index (κ2) is 6.26. The molecule has 0 fully saturated rings. The predicted octanol–water partition coefficient (Wildman–Crippen LogP) is 1.54. The van der Waals surface area contributed by atoms with Crippen LogP contribution in [0.4, 0.5) is 4.39 Å². The summed E-state index contributed by atoms with van der Waals surface area (Å²) in [5, 5.41) is 0. The zero-order chi connectivity index (χ0) is 13.8. The first-order valence-corrected chi connectivity index (χ1v) is 7.37. The number of nitrogens with one attached hydrogen (secondary N) is 1. The molecule has 1 atom stereocenters. The van der Waals surface area contributed by atoms with E-state index < -0.39 is 15.8 Å². The van der Waals surface area contributed by atoms with E-state index in [0.717, 1.165) is 12.5 Å². The van der Waals surface area contributed by atoms with Crippen molar-refractivity contribution in [1.29, 1.82) is 0 Å². The van der Waals surface area contributed by atoms with Gasteiger partial charge in [0.15, 0.2) is 0 Å². The van der Waals surface area contributed by atoms with Gasteiger partial charge in [-0.3, -0.25) is 0 Å². The lowest BCUT2D eigenvalue weighted by Crippen LogP contribution is -2.40. The Labute approximate surface area is 107 Å². The average molecular weight is 274 g/mol. The Morgan fingerprint density at radius 2 is 2.11 bits per heavy atom. The van der Waals surface area contributed by atoms with Crippen LogP contribution < -0.4 is 10.5 Å². The van der Waals surface area contributed by atoms with Gasteiger partial charge in [0, 0.05) is 12.6 Å². The number of sulfonamides is 1. The Bertz CT molecular complexity index is 503. The third-order valence-corrected chi connectivity index (χ3v) is 4.16. The molecule has 0 saturated heterocycles. The molecule has 0 saturated carbocycles. The summed E-state index contributed by atoms with van der Waals surface area (Å²) in [6.07, 6.45) is 1.43. The van der Waals surface area contributed by atoms with Gasteiger partial charge in [0.25, 0.3) is 0 Å². The van der Waals surface area contributed by atoms with Gasteiger partial charge in [0.2, 0.25) is 10.0 Å². The van der Waals surface area contributed by atoms with E-state index in [9.17, 15) is 12.8 Å². The fraction of sp³-hybridized carbons (Fsp3) is 0.500. The summed E-state index contributed by atoms with van der Waals surface area (Å²) in [6, 6.07) is 3.64. The molecule has 0 amide bonds. The molecule has 0 aromatic heterocycles. The van der Waals surface area contributed by atoms with E-state index >= 15 is 0 Å². The normalized spacial score (nSPS) is 13.6. The molecule has 1 aromatic carbocycles. The molecule has 1 unspecified atom stereocenters. The Kier molecular flexibility index (Phi) is 5.25. The highest BCUT2D eigenvalue weighted by Crippen LogP contribution is 2.16. The summed E-state index contributed by atoms with van der Waals surface area (Å²) in [6.45, 7) is 3.84. The molecule has 0 aliphatic heterocycles. The fourth-order valence-corrected chi connectivity index (χ4v) is 3.12. The van der Waals surface area contributed by atoms with E-state index in [0.29, 0.717) is 12.0 Å². The Morgan fingerprint density at radius 3 is 2.67 bits per heavy atom. The minimum atomic E-state index is -3.85. The maximum atomic E-state index is 13.6. The van der Waals surface area contributed by atoms with Crippen LogP contribution in [0.2, 0.25) is 0 Å². The predicted molar refractivity (Wildman–Crippen MR) is 69.2 cm³/mol. The smallest absolute Gasteiger partial charge is 0.243 e. The van der Waals surface area contributed by atoms with Gasteiger partial charge in [-0.15, -0.1) is 0 Å². The van der Waals surface area contributed by atoms with Crippen LogP contribution in [-0.4, -0.2) is 21.0 Å². The topological polar surface area (TPSA) is 72.2 Å². The number of aryl methyl sites for hydroxylation is 1. The van der Waals surface area contributed by atoms with E-state index in [-0.39, 0.29) is 17.5 Å². The molecular formula is C12H19FN2O2S. The Hall–Kier alpha value is -0.980. The second-order valence-corrected chi connectivity index (χ2v) is 5.96. The van der Waals surface area contributed by atoms with Crippen molar-refractivity contribution in [3.8, 4) is 0 Å². The third-order valence-electron chi connectivity index (χ3n) is 2.62. The van der Waals surface area contributed by atoms with Gasteiger partial charge < -0.3 is 5.73 Å². The first kappa shape index (κ1) is 15.1. The van der Waals surface area contributed by atoms with Crippen molar-refractivity contribution >= 4 is 10.0 Å². The van der Waals surface area contributed by atoms with Crippen LogP contribution >= 0.6 is 0 Å². The lowest BCUT2D eigenvalue weighted by Gasteiger charge is -2.16. The molecule has 4 nitrogen and oxygen atoms in total. The largest absolute Gasteiger partial charge is 0.329 e. The zero-order valence-corrected chi connectivity index (χ0v) is 11.4. The maximum Gasteiger partial charge on any atom is 0.243 e. The molecule has 6 heteroatoms. The highest BCUT2D eigenvalue weighted by Gasteiger charge is 2.22. The lowest BCUT2D eigenvalue weighted by molar-refractivity contribution is 0.518. The molecule has 18 heavy (non-hydrogen) atoms. The molecule has 102 valence electrons. The standard InChI is InChI=1S/C12H19FN2O2S/c1-3-4-10(8-14)15-18(16,17)12-7-9(2)5-6-11(12)13/h5-7,10,15H,3-4,8,14H2,1-2H3. The van der Waals surface area contributed by atoms with E-state index in [2.05, 4.69) is 4.72 Å². The highest BCUT2D eigenvalue weighted by molar-refractivity contribution is 7.89. The molecule has 3 N–H and O–H groups in total. The molecule has 1 rings (SSSR count). The third kappa shape index (κ3) is 3.76.